The lowest BCUT2D eigenvalue weighted by atomic mass is 10.1. The standard InChI is InChI=1S/C17H12F4N2O/c18-12-3-6-14-10(9-22-15(14)8-12)7-16(24)23-13-4-1-11(2-5-13)17(19,20)21/h1-6,8-9,22H,7H2,(H,23,24). The second kappa shape index (κ2) is 5.99. The zero-order valence-electron chi connectivity index (χ0n) is 12.2. The van der Waals surface area contributed by atoms with Crippen LogP contribution in [0.4, 0.5) is 23.2 Å². The molecule has 0 fully saturated rings. The van der Waals surface area contributed by atoms with Crippen LogP contribution in [-0.4, -0.2) is 10.9 Å². The summed E-state index contributed by atoms with van der Waals surface area (Å²) in [5.41, 5.74) is 0.750. The Morgan fingerprint density at radius 2 is 1.79 bits per heavy atom. The highest BCUT2D eigenvalue weighted by Crippen LogP contribution is 2.29. The number of fused-ring (bicyclic) bond motifs is 1. The summed E-state index contributed by atoms with van der Waals surface area (Å²) in [5, 5.41) is 3.26. The fourth-order valence-corrected chi connectivity index (χ4v) is 2.43. The van der Waals surface area contributed by atoms with E-state index in [1.165, 1.54) is 24.3 Å². The number of halogens is 4. The summed E-state index contributed by atoms with van der Waals surface area (Å²) >= 11 is 0. The van der Waals surface area contributed by atoms with Crippen LogP contribution in [0.3, 0.4) is 0 Å². The van der Waals surface area contributed by atoms with E-state index in [0.717, 1.165) is 17.5 Å². The van der Waals surface area contributed by atoms with Crippen LogP contribution >= 0.6 is 0 Å². The van der Waals surface area contributed by atoms with Gasteiger partial charge in [0, 0.05) is 22.8 Å². The maximum atomic E-state index is 13.1. The maximum absolute atomic E-state index is 13.1. The van der Waals surface area contributed by atoms with Crippen molar-refractivity contribution in [3.8, 4) is 0 Å². The van der Waals surface area contributed by atoms with E-state index < -0.39 is 11.7 Å². The molecule has 1 amide bonds. The Bertz CT molecular complexity index is 882. The van der Waals surface area contributed by atoms with Gasteiger partial charge in [-0.1, -0.05) is 0 Å². The molecule has 24 heavy (non-hydrogen) atoms. The number of alkyl halides is 3. The Labute approximate surface area is 134 Å². The minimum Gasteiger partial charge on any atom is -0.361 e. The number of H-pyrrole nitrogens is 1. The minimum atomic E-state index is -4.41. The summed E-state index contributed by atoms with van der Waals surface area (Å²) in [6.45, 7) is 0. The fourth-order valence-electron chi connectivity index (χ4n) is 2.43. The molecule has 0 spiro atoms. The Balaban J connectivity index is 1.71. The Hall–Kier alpha value is -2.83. The molecule has 2 aromatic carbocycles. The molecular formula is C17H12F4N2O. The number of carbonyl (C=O) groups excluding carboxylic acids is 1. The molecule has 3 nitrogen and oxygen atoms in total. The summed E-state index contributed by atoms with van der Waals surface area (Å²) in [5.74, 6) is -0.759. The number of rotatable bonds is 3. The van der Waals surface area contributed by atoms with E-state index in [1.54, 1.807) is 12.3 Å². The molecule has 0 saturated heterocycles. The van der Waals surface area contributed by atoms with Gasteiger partial charge in [-0.25, -0.2) is 4.39 Å². The summed E-state index contributed by atoms with van der Waals surface area (Å²) in [6.07, 6.45) is -2.79. The summed E-state index contributed by atoms with van der Waals surface area (Å²) in [7, 11) is 0. The Morgan fingerprint density at radius 1 is 1.08 bits per heavy atom. The molecule has 0 atom stereocenters. The molecule has 0 aliphatic heterocycles. The first-order valence-corrected chi connectivity index (χ1v) is 7.05. The molecule has 0 radical (unpaired) electrons. The molecule has 0 aliphatic carbocycles. The first-order chi connectivity index (χ1) is 11.3. The first kappa shape index (κ1) is 16.0. The lowest BCUT2D eigenvalue weighted by molar-refractivity contribution is -0.137. The second-order valence-corrected chi connectivity index (χ2v) is 5.30. The van der Waals surface area contributed by atoms with Crippen LogP contribution in [0.25, 0.3) is 10.9 Å². The highest BCUT2D eigenvalue weighted by molar-refractivity contribution is 5.95. The molecule has 3 rings (SSSR count). The van der Waals surface area contributed by atoms with E-state index in [0.29, 0.717) is 11.1 Å². The van der Waals surface area contributed by atoms with Gasteiger partial charge in [0.05, 0.1) is 12.0 Å². The first-order valence-electron chi connectivity index (χ1n) is 7.05. The van der Waals surface area contributed by atoms with Gasteiger partial charge in [-0.2, -0.15) is 13.2 Å². The van der Waals surface area contributed by atoms with E-state index in [4.69, 9.17) is 0 Å². The summed E-state index contributed by atoms with van der Waals surface area (Å²) in [4.78, 5) is 14.9. The normalized spacial score (nSPS) is 11.7. The lowest BCUT2D eigenvalue weighted by Gasteiger charge is -2.08. The topological polar surface area (TPSA) is 44.9 Å². The van der Waals surface area contributed by atoms with E-state index >= 15 is 0 Å². The molecule has 2 N–H and O–H groups in total. The average molecular weight is 336 g/mol. The fraction of sp³-hybridized carbons (Fsp3) is 0.118. The largest absolute Gasteiger partial charge is 0.416 e. The number of hydrogen-bond donors (Lipinski definition) is 2. The predicted molar refractivity (Wildman–Crippen MR) is 82.0 cm³/mol. The molecule has 1 aromatic heterocycles. The Kier molecular flexibility index (Phi) is 4.01. The quantitative estimate of drug-likeness (QED) is 0.679. The molecule has 0 saturated carbocycles. The van der Waals surface area contributed by atoms with Crippen molar-refractivity contribution in [3.05, 3.63) is 65.6 Å². The molecular weight excluding hydrogens is 324 g/mol. The number of nitrogens with one attached hydrogen (secondary N) is 2. The molecule has 3 aromatic rings. The van der Waals surface area contributed by atoms with Crippen LogP contribution in [0.5, 0.6) is 0 Å². The van der Waals surface area contributed by atoms with E-state index in [-0.39, 0.29) is 23.8 Å². The number of carbonyl (C=O) groups is 1. The Morgan fingerprint density at radius 3 is 2.46 bits per heavy atom. The van der Waals surface area contributed by atoms with E-state index in [9.17, 15) is 22.4 Å². The van der Waals surface area contributed by atoms with Crippen molar-refractivity contribution in [1.82, 2.24) is 4.98 Å². The van der Waals surface area contributed by atoms with Crippen molar-refractivity contribution >= 4 is 22.5 Å². The number of aromatic nitrogens is 1. The molecule has 0 unspecified atom stereocenters. The van der Waals surface area contributed by atoms with Crippen LogP contribution in [-0.2, 0) is 17.4 Å². The molecule has 0 bridgehead atoms. The van der Waals surface area contributed by atoms with Gasteiger partial charge in [0.25, 0.3) is 0 Å². The third-order valence-electron chi connectivity index (χ3n) is 3.58. The van der Waals surface area contributed by atoms with Crippen LogP contribution in [0, 0.1) is 5.82 Å². The second-order valence-electron chi connectivity index (χ2n) is 5.30. The van der Waals surface area contributed by atoms with Crippen LogP contribution in [0.1, 0.15) is 11.1 Å². The number of benzene rings is 2. The van der Waals surface area contributed by atoms with E-state index in [1.807, 2.05) is 0 Å². The van der Waals surface area contributed by atoms with Crippen molar-refractivity contribution in [1.29, 1.82) is 0 Å². The van der Waals surface area contributed by atoms with Gasteiger partial charge in [0.15, 0.2) is 0 Å². The van der Waals surface area contributed by atoms with Gasteiger partial charge in [0.1, 0.15) is 5.82 Å². The van der Waals surface area contributed by atoms with Crippen molar-refractivity contribution in [2.45, 2.75) is 12.6 Å². The molecule has 1 heterocycles. The van der Waals surface area contributed by atoms with E-state index in [2.05, 4.69) is 10.3 Å². The average Bonchev–Trinajstić information content (AvgIpc) is 2.89. The summed E-state index contributed by atoms with van der Waals surface area (Å²) < 4.78 is 50.6. The van der Waals surface area contributed by atoms with Crippen LogP contribution in [0.15, 0.2) is 48.7 Å². The van der Waals surface area contributed by atoms with Crippen LogP contribution in [0.2, 0.25) is 0 Å². The smallest absolute Gasteiger partial charge is 0.361 e. The lowest BCUT2D eigenvalue weighted by Crippen LogP contribution is -2.14. The predicted octanol–water partition coefficient (Wildman–Crippen LogP) is 4.51. The monoisotopic (exact) mass is 336 g/mol. The third-order valence-corrected chi connectivity index (χ3v) is 3.58. The van der Waals surface area contributed by atoms with Gasteiger partial charge >= 0.3 is 6.18 Å². The zero-order valence-corrected chi connectivity index (χ0v) is 12.2. The van der Waals surface area contributed by atoms with Crippen molar-refractivity contribution < 1.29 is 22.4 Å². The third kappa shape index (κ3) is 3.40. The van der Waals surface area contributed by atoms with Gasteiger partial charge in [-0.05, 0) is 48.0 Å². The molecule has 124 valence electrons. The summed E-state index contributed by atoms with van der Waals surface area (Å²) in [6, 6.07) is 8.41. The van der Waals surface area contributed by atoms with Gasteiger partial charge in [-0.3, -0.25) is 4.79 Å². The van der Waals surface area contributed by atoms with Gasteiger partial charge in [-0.15, -0.1) is 0 Å². The number of hydrogen-bond acceptors (Lipinski definition) is 1. The van der Waals surface area contributed by atoms with Crippen molar-refractivity contribution in [2.24, 2.45) is 0 Å². The highest BCUT2D eigenvalue weighted by atomic mass is 19.4. The van der Waals surface area contributed by atoms with Crippen LogP contribution < -0.4 is 5.32 Å². The van der Waals surface area contributed by atoms with Gasteiger partial charge in [0.2, 0.25) is 5.91 Å². The highest BCUT2D eigenvalue weighted by Gasteiger charge is 2.29. The minimum absolute atomic E-state index is 0.0205. The molecule has 0 aliphatic rings. The van der Waals surface area contributed by atoms with Crippen molar-refractivity contribution in [2.75, 3.05) is 5.32 Å². The maximum Gasteiger partial charge on any atom is 0.416 e. The molecule has 7 heteroatoms. The van der Waals surface area contributed by atoms with Gasteiger partial charge < -0.3 is 10.3 Å². The number of amides is 1. The van der Waals surface area contributed by atoms with Crippen molar-refractivity contribution in [3.63, 3.8) is 0 Å². The number of anilines is 1. The zero-order chi connectivity index (χ0) is 17.3. The SMILES string of the molecule is O=C(Cc1c[nH]c2cc(F)ccc12)Nc1ccc(C(F)(F)F)cc1. The number of aromatic amines is 1.